The molecule has 37 heavy (non-hydrogen) atoms. The van der Waals surface area contributed by atoms with Gasteiger partial charge in [-0.3, -0.25) is 0 Å². The fourth-order valence-electron chi connectivity index (χ4n) is 3.91. The van der Waals surface area contributed by atoms with Crippen LogP contribution in [0.1, 0.15) is 33.4 Å². The highest BCUT2D eigenvalue weighted by Gasteiger charge is 2.36. The van der Waals surface area contributed by atoms with Gasteiger partial charge in [0.15, 0.2) is 0 Å². The van der Waals surface area contributed by atoms with Crippen molar-refractivity contribution in [1.29, 1.82) is 0 Å². The van der Waals surface area contributed by atoms with Gasteiger partial charge in [-0.15, -0.1) is 0 Å². The summed E-state index contributed by atoms with van der Waals surface area (Å²) in [7, 11) is 0. The van der Waals surface area contributed by atoms with Crippen molar-refractivity contribution < 1.29 is 26.3 Å². The molecule has 0 spiro atoms. The summed E-state index contributed by atoms with van der Waals surface area (Å²) in [4.78, 5) is 2.07. The first-order chi connectivity index (χ1) is 17.4. The average Bonchev–Trinajstić information content (AvgIpc) is 2.84. The zero-order chi connectivity index (χ0) is 26.8. The number of benzene rings is 4. The molecule has 4 aromatic rings. The molecule has 4 rings (SSSR count). The highest BCUT2D eigenvalue weighted by atomic mass is 19.4. The third kappa shape index (κ3) is 6.42. The maximum Gasteiger partial charge on any atom is 0.416 e. The molecule has 0 amide bonds. The predicted molar refractivity (Wildman–Crippen MR) is 136 cm³/mol. The van der Waals surface area contributed by atoms with Crippen molar-refractivity contribution in [1.82, 2.24) is 0 Å². The molecule has 0 aromatic heterocycles. The minimum atomic E-state index is -4.89. The van der Waals surface area contributed by atoms with E-state index in [1.165, 1.54) is 12.2 Å². The predicted octanol–water partition coefficient (Wildman–Crippen LogP) is 9.98. The molecule has 0 aliphatic heterocycles. The second-order valence-electron chi connectivity index (χ2n) is 8.77. The summed E-state index contributed by atoms with van der Waals surface area (Å²) < 4.78 is 78.9. The van der Waals surface area contributed by atoms with Gasteiger partial charge in [-0.25, -0.2) is 0 Å². The third-order valence-corrected chi connectivity index (χ3v) is 5.78. The van der Waals surface area contributed by atoms with E-state index >= 15 is 0 Å². The fraction of sp³-hybridized carbons (Fsp3) is 0.133. The van der Waals surface area contributed by atoms with Crippen molar-refractivity contribution in [2.75, 3.05) is 4.90 Å². The SMILES string of the molecule is Cc1ccc(N(c2ccc(C=Cc3cc(C(F)(F)F)cc(C(F)(F)F)c3)cc2)c2cccc(C)c2)cc1. The van der Waals surface area contributed by atoms with Gasteiger partial charge in [0, 0.05) is 17.1 Å². The molecule has 0 N–H and O–H groups in total. The Labute approximate surface area is 211 Å². The summed E-state index contributed by atoms with van der Waals surface area (Å²) in [6, 6.07) is 24.8. The van der Waals surface area contributed by atoms with Gasteiger partial charge in [0.05, 0.1) is 11.1 Å². The Hall–Kier alpha value is -4.00. The van der Waals surface area contributed by atoms with Crippen LogP contribution in [0.15, 0.2) is 91.0 Å². The van der Waals surface area contributed by atoms with Crippen LogP contribution >= 0.6 is 0 Å². The van der Waals surface area contributed by atoms with E-state index in [0.29, 0.717) is 17.7 Å². The Morgan fingerprint density at radius 1 is 0.514 bits per heavy atom. The van der Waals surface area contributed by atoms with Crippen molar-refractivity contribution in [2.24, 2.45) is 0 Å². The second kappa shape index (κ2) is 10.2. The van der Waals surface area contributed by atoms with E-state index in [2.05, 4.69) is 11.0 Å². The van der Waals surface area contributed by atoms with Crippen LogP contribution in [-0.2, 0) is 12.4 Å². The molecule has 1 nitrogen and oxygen atoms in total. The Balaban J connectivity index is 1.67. The summed E-state index contributed by atoms with van der Waals surface area (Å²) in [6.45, 7) is 4.01. The van der Waals surface area contributed by atoms with Gasteiger partial charge in [-0.05, 0) is 85.1 Å². The van der Waals surface area contributed by atoms with Gasteiger partial charge in [0.1, 0.15) is 0 Å². The van der Waals surface area contributed by atoms with Crippen molar-refractivity contribution >= 4 is 29.2 Å². The zero-order valence-electron chi connectivity index (χ0n) is 20.0. The summed E-state index contributed by atoms with van der Waals surface area (Å²) in [6.07, 6.45) is -7.04. The standard InChI is InChI=1S/C30H23F6N/c1-20-6-12-26(13-7-20)37(28-5-3-4-21(2)16-28)27-14-10-22(11-15-27)8-9-23-17-24(29(31,32)33)19-25(18-23)30(34,35)36/h3-19H,1-2H3. The molecule has 0 saturated heterocycles. The minimum Gasteiger partial charge on any atom is -0.310 e. The Bertz CT molecular complexity index is 1370. The van der Waals surface area contributed by atoms with Crippen LogP contribution in [-0.4, -0.2) is 0 Å². The molecule has 0 atom stereocenters. The first kappa shape index (κ1) is 26.1. The van der Waals surface area contributed by atoms with E-state index in [-0.39, 0.29) is 11.6 Å². The lowest BCUT2D eigenvalue weighted by molar-refractivity contribution is -0.143. The van der Waals surface area contributed by atoms with Crippen molar-refractivity contribution in [2.45, 2.75) is 26.2 Å². The summed E-state index contributed by atoms with van der Waals surface area (Å²) in [5.74, 6) is 0. The van der Waals surface area contributed by atoms with Gasteiger partial charge >= 0.3 is 12.4 Å². The number of alkyl halides is 6. The van der Waals surface area contributed by atoms with E-state index in [4.69, 9.17) is 0 Å². The zero-order valence-corrected chi connectivity index (χ0v) is 20.0. The van der Waals surface area contributed by atoms with Crippen LogP contribution in [0, 0.1) is 13.8 Å². The van der Waals surface area contributed by atoms with Crippen molar-refractivity contribution in [3.05, 3.63) is 124 Å². The molecule has 4 aromatic carbocycles. The summed E-state index contributed by atoms with van der Waals surface area (Å²) in [5, 5.41) is 0. The van der Waals surface area contributed by atoms with Crippen LogP contribution in [0.3, 0.4) is 0 Å². The number of rotatable bonds is 5. The first-order valence-electron chi connectivity index (χ1n) is 11.4. The first-order valence-corrected chi connectivity index (χ1v) is 11.4. The molecular weight excluding hydrogens is 488 g/mol. The molecule has 0 radical (unpaired) electrons. The highest BCUT2D eigenvalue weighted by molar-refractivity contribution is 5.78. The Kier molecular flexibility index (Phi) is 7.16. The molecule has 0 bridgehead atoms. The van der Waals surface area contributed by atoms with Crippen LogP contribution in [0.2, 0.25) is 0 Å². The van der Waals surface area contributed by atoms with E-state index in [0.717, 1.165) is 28.2 Å². The van der Waals surface area contributed by atoms with Crippen LogP contribution in [0.5, 0.6) is 0 Å². The van der Waals surface area contributed by atoms with Crippen molar-refractivity contribution in [3.63, 3.8) is 0 Å². The van der Waals surface area contributed by atoms with Gasteiger partial charge < -0.3 is 4.90 Å². The average molecular weight is 512 g/mol. The van der Waals surface area contributed by atoms with E-state index in [1.54, 1.807) is 12.1 Å². The van der Waals surface area contributed by atoms with Crippen LogP contribution in [0.4, 0.5) is 43.4 Å². The van der Waals surface area contributed by atoms with Gasteiger partial charge in [0.25, 0.3) is 0 Å². The van der Waals surface area contributed by atoms with Crippen molar-refractivity contribution in [3.8, 4) is 0 Å². The lowest BCUT2D eigenvalue weighted by atomic mass is 10.0. The molecule has 0 aliphatic carbocycles. The number of anilines is 3. The number of hydrogen-bond acceptors (Lipinski definition) is 1. The molecule has 190 valence electrons. The molecule has 0 saturated carbocycles. The maximum atomic E-state index is 13.2. The molecule has 0 heterocycles. The third-order valence-electron chi connectivity index (χ3n) is 5.78. The second-order valence-corrected chi connectivity index (χ2v) is 8.77. The molecule has 0 unspecified atom stereocenters. The smallest absolute Gasteiger partial charge is 0.310 e. The number of nitrogens with zero attached hydrogens (tertiary/aromatic N) is 1. The fourth-order valence-corrected chi connectivity index (χ4v) is 3.91. The lowest BCUT2D eigenvalue weighted by Gasteiger charge is -2.26. The molecule has 0 fully saturated rings. The number of hydrogen-bond donors (Lipinski definition) is 0. The van der Waals surface area contributed by atoms with Crippen LogP contribution < -0.4 is 4.90 Å². The maximum absolute atomic E-state index is 13.2. The summed E-state index contributed by atoms with van der Waals surface area (Å²) >= 11 is 0. The summed E-state index contributed by atoms with van der Waals surface area (Å²) in [5.41, 5.74) is 2.72. The van der Waals surface area contributed by atoms with Crippen LogP contribution in [0.25, 0.3) is 12.2 Å². The molecule has 7 heteroatoms. The van der Waals surface area contributed by atoms with Gasteiger partial charge in [0.2, 0.25) is 0 Å². The normalized spacial score (nSPS) is 12.2. The highest BCUT2D eigenvalue weighted by Crippen LogP contribution is 2.37. The largest absolute Gasteiger partial charge is 0.416 e. The van der Waals surface area contributed by atoms with E-state index in [9.17, 15) is 26.3 Å². The van der Waals surface area contributed by atoms with Gasteiger partial charge in [-0.2, -0.15) is 26.3 Å². The Morgan fingerprint density at radius 2 is 1.03 bits per heavy atom. The molecule has 0 aliphatic rings. The minimum absolute atomic E-state index is 0.122. The van der Waals surface area contributed by atoms with E-state index in [1.807, 2.05) is 68.4 Å². The molecular formula is C30H23F6N. The lowest BCUT2D eigenvalue weighted by Crippen LogP contribution is -2.11. The monoisotopic (exact) mass is 511 g/mol. The van der Waals surface area contributed by atoms with E-state index < -0.39 is 23.5 Å². The van der Waals surface area contributed by atoms with Gasteiger partial charge in [-0.1, -0.05) is 54.1 Å². The topological polar surface area (TPSA) is 3.24 Å². The number of halogens is 6. The Morgan fingerprint density at radius 3 is 1.54 bits per heavy atom. The number of aryl methyl sites for hydroxylation is 2. The quantitative estimate of drug-likeness (QED) is 0.190.